The monoisotopic (exact) mass is 291 g/mol. The Morgan fingerprint density at radius 3 is 2.19 bits per heavy atom. The molecule has 0 radical (unpaired) electrons. The maximum absolute atomic E-state index is 11.1. The lowest BCUT2D eigenvalue weighted by atomic mass is 10.1. The number of carboxylic acids is 1. The molecule has 7 nitrogen and oxygen atoms in total. The first-order chi connectivity index (χ1) is 9.88. The minimum absolute atomic E-state index is 0.0278. The van der Waals surface area contributed by atoms with Gasteiger partial charge in [-0.25, -0.2) is 4.79 Å². The fourth-order valence-corrected chi connectivity index (χ4v) is 1.83. The molecule has 0 saturated heterocycles. The lowest BCUT2D eigenvalue weighted by Crippen LogP contribution is -2.06. The molecule has 0 fully saturated rings. The van der Waals surface area contributed by atoms with Crippen LogP contribution in [-0.4, -0.2) is 31.5 Å². The number of carboxylic acid groups (broad SMARTS) is 1. The van der Waals surface area contributed by atoms with E-state index in [0.717, 1.165) is 0 Å². The largest absolute Gasteiger partial charge is 0.508 e. The van der Waals surface area contributed by atoms with Crippen LogP contribution in [0.15, 0.2) is 30.3 Å². The molecule has 0 spiro atoms. The van der Waals surface area contributed by atoms with Crippen molar-refractivity contribution < 1.29 is 30.3 Å². The van der Waals surface area contributed by atoms with Gasteiger partial charge in [0.05, 0.1) is 11.3 Å². The van der Waals surface area contributed by atoms with Gasteiger partial charge >= 0.3 is 5.97 Å². The van der Waals surface area contributed by atoms with Gasteiger partial charge in [-0.3, -0.25) is 0 Å². The van der Waals surface area contributed by atoms with Gasteiger partial charge in [-0.05, 0) is 29.8 Å². The van der Waals surface area contributed by atoms with E-state index in [9.17, 15) is 25.2 Å². The van der Waals surface area contributed by atoms with Gasteiger partial charge in [0.25, 0.3) is 0 Å². The Hall–Kier alpha value is -3.09. The van der Waals surface area contributed by atoms with E-state index in [0.29, 0.717) is 5.56 Å². The predicted molar refractivity (Wildman–Crippen MR) is 73.8 cm³/mol. The summed E-state index contributed by atoms with van der Waals surface area (Å²) in [6, 6.07) is 6.22. The van der Waals surface area contributed by atoms with Crippen LogP contribution in [0.25, 0.3) is 0 Å². The van der Waals surface area contributed by atoms with Crippen LogP contribution >= 0.6 is 0 Å². The fourth-order valence-electron chi connectivity index (χ4n) is 1.83. The zero-order valence-corrected chi connectivity index (χ0v) is 10.7. The summed E-state index contributed by atoms with van der Waals surface area (Å²) in [6.45, 7) is 0.0745. The summed E-state index contributed by atoms with van der Waals surface area (Å²) in [7, 11) is 0. The topological polar surface area (TPSA) is 130 Å². The second-order valence-corrected chi connectivity index (χ2v) is 4.37. The van der Waals surface area contributed by atoms with E-state index < -0.39 is 23.2 Å². The van der Waals surface area contributed by atoms with Crippen molar-refractivity contribution >= 4 is 11.7 Å². The van der Waals surface area contributed by atoms with E-state index in [1.54, 1.807) is 0 Å². The zero-order valence-electron chi connectivity index (χ0n) is 10.7. The summed E-state index contributed by atoms with van der Waals surface area (Å²) < 4.78 is 0. The van der Waals surface area contributed by atoms with E-state index >= 15 is 0 Å². The fraction of sp³-hybridized carbons (Fsp3) is 0.0714. The van der Waals surface area contributed by atoms with E-state index in [2.05, 4.69) is 5.32 Å². The Morgan fingerprint density at radius 1 is 1.00 bits per heavy atom. The molecule has 0 bridgehead atoms. The number of hydrogen-bond donors (Lipinski definition) is 6. The first-order valence-electron chi connectivity index (χ1n) is 5.92. The quantitative estimate of drug-likeness (QED) is 0.474. The Morgan fingerprint density at radius 2 is 1.62 bits per heavy atom. The molecule has 6 N–H and O–H groups in total. The Bertz CT molecular complexity index is 675. The smallest absolute Gasteiger partial charge is 0.337 e. The molecule has 2 aromatic rings. The minimum atomic E-state index is -1.16. The van der Waals surface area contributed by atoms with Gasteiger partial charge < -0.3 is 30.8 Å². The van der Waals surface area contributed by atoms with Gasteiger partial charge in [0.1, 0.15) is 5.75 Å². The van der Waals surface area contributed by atoms with Crippen molar-refractivity contribution in [2.24, 2.45) is 0 Å². The van der Waals surface area contributed by atoms with Crippen LogP contribution in [0.5, 0.6) is 23.0 Å². The molecule has 0 unspecified atom stereocenters. The van der Waals surface area contributed by atoms with E-state index in [-0.39, 0.29) is 23.5 Å². The highest BCUT2D eigenvalue weighted by atomic mass is 16.4. The average Bonchev–Trinajstić information content (AvgIpc) is 2.42. The number of phenolic OH excluding ortho intramolecular Hbond substituents is 4. The number of hydrogen-bond acceptors (Lipinski definition) is 6. The van der Waals surface area contributed by atoms with Crippen LogP contribution in [0, 0.1) is 0 Å². The van der Waals surface area contributed by atoms with Crippen LogP contribution in [0.3, 0.4) is 0 Å². The average molecular weight is 291 g/mol. The minimum Gasteiger partial charge on any atom is -0.508 e. The van der Waals surface area contributed by atoms with Crippen molar-refractivity contribution in [1.82, 2.24) is 0 Å². The number of nitrogens with one attached hydrogen (secondary N) is 1. The van der Waals surface area contributed by atoms with Crippen molar-refractivity contribution in [3.63, 3.8) is 0 Å². The van der Waals surface area contributed by atoms with E-state index in [1.165, 1.54) is 30.3 Å². The van der Waals surface area contributed by atoms with E-state index in [4.69, 9.17) is 5.11 Å². The molecule has 21 heavy (non-hydrogen) atoms. The standard InChI is InChI=1S/C14H13NO6/c16-8-1-2-9(14(20)21)10(5-8)15-6-7-3-11(17)13(19)12(18)4-7/h1-5,15-19H,6H2,(H,20,21). The number of benzene rings is 2. The van der Waals surface area contributed by atoms with Crippen molar-refractivity contribution in [2.45, 2.75) is 6.54 Å². The highest BCUT2D eigenvalue weighted by Crippen LogP contribution is 2.35. The number of rotatable bonds is 4. The number of carbonyl (C=O) groups is 1. The molecule has 2 rings (SSSR count). The zero-order chi connectivity index (χ0) is 15.6. The Balaban J connectivity index is 2.24. The van der Waals surface area contributed by atoms with E-state index in [1.807, 2.05) is 0 Å². The normalized spacial score (nSPS) is 10.3. The molecule has 0 aliphatic carbocycles. The first-order valence-corrected chi connectivity index (χ1v) is 5.92. The molecule has 7 heteroatoms. The Labute approximate surface area is 119 Å². The lowest BCUT2D eigenvalue weighted by Gasteiger charge is -2.11. The molecule has 0 aliphatic rings. The molecule has 110 valence electrons. The summed E-state index contributed by atoms with van der Waals surface area (Å²) in [5.74, 6) is -2.85. The third kappa shape index (κ3) is 3.08. The summed E-state index contributed by atoms with van der Waals surface area (Å²) in [4.78, 5) is 11.1. The molecule has 0 amide bonds. The molecule has 0 atom stereocenters. The summed E-state index contributed by atoms with van der Waals surface area (Å²) >= 11 is 0. The molecule has 0 saturated carbocycles. The van der Waals surface area contributed by atoms with Crippen molar-refractivity contribution in [3.05, 3.63) is 41.5 Å². The van der Waals surface area contributed by atoms with Crippen LogP contribution in [-0.2, 0) is 6.54 Å². The number of phenols is 4. The predicted octanol–water partition coefficient (Wildman–Crippen LogP) is 1.82. The maximum atomic E-state index is 11.1. The van der Waals surface area contributed by atoms with Gasteiger partial charge in [-0.15, -0.1) is 0 Å². The SMILES string of the molecule is O=C(O)c1ccc(O)cc1NCc1cc(O)c(O)c(O)c1. The number of anilines is 1. The summed E-state index contributed by atoms with van der Waals surface area (Å²) in [6.07, 6.45) is 0. The number of aromatic hydroxyl groups is 4. The van der Waals surface area contributed by atoms with Crippen LogP contribution in [0.4, 0.5) is 5.69 Å². The van der Waals surface area contributed by atoms with Crippen molar-refractivity contribution in [2.75, 3.05) is 5.32 Å². The van der Waals surface area contributed by atoms with Crippen molar-refractivity contribution in [3.8, 4) is 23.0 Å². The van der Waals surface area contributed by atoms with Crippen LogP contribution in [0.1, 0.15) is 15.9 Å². The van der Waals surface area contributed by atoms with Gasteiger partial charge in [-0.1, -0.05) is 0 Å². The van der Waals surface area contributed by atoms with Gasteiger partial charge in [-0.2, -0.15) is 0 Å². The third-order valence-corrected chi connectivity index (χ3v) is 2.85. The van der Waals surface area contributed by atoms with Gasteiger partial charge in [0, 0.05) is 12.6 Å². The molecule has 0 aliphatic heterocycles. The molecule has 2 aromatic carbocycles. The highest BCUT2D eigenvalue weighted by Gasteiger charge is 2.12. The second kappa shape index (κ2) is 5.49. The lowest BCUT2D eigenvalue weighted by molar-refractivity contribution is 0.0698. The molecule has 0 aromatic heterocycles. The Kier molecular flexibility index (Phi) is 3.75. The first kappa shape index (κ1) is 14.3. The third-order valence-electron chi connectivity index (χ3n) is 2.85. The molecule has 0 heterocycles. The van der Waals surface area contributed by atoms with Gasteiger partial charge in [0.2, 0.25) is 0 Å². The van der Waals surface area contributed by atoms with Gasteiger partial charge in [0.15, 0.2) is 17.2 Å². The highest BCUT2D eigenvalue weighted by molar-refractivity contribution is 5.94. The second-order valence-electron chi connectivity index (χ2n) is 4.37. The maximum Gasteiger partial charge on any atom is 0.337 e. The number of aromatic carboxylic acids is 1. The summed E-state index contributed by atoms with van der Waals surface area (Å²) in [5, 5.41) is 49.2. The molecular weight excluding hydrogens is 278 g/mol. The van der Waals surface area contributed by atoms with Crippen LogP contribution < -0.4 is 5.32 Å². The molecular formula is C14H13NO6. The van der Waals surface area contributed by atoms with Crippen molar-refractivity contribution in [1.29, 1.82) is 0 Å². The van der Waals surface area contributed by atoms with Crippen LogP contribution in [0.2, 0.25) is 0 Å². The summed E-state index contributed by atoms with van der Waals surface area (Å²) in [5.41, 5.74) is 0.581.